The molecule has 1 unspecified atom stereocenters. The molecule has 1 fully saturated rings. The first-order valence-corrected chi connectivity index (χ1v) is 8.74. The van der Waals surface area contributed by atoms with Crippen LogP contribution in [0.4, 0.5) is 0 Å². The van der Waals surface area contributed by atoms with Gasteiger partial charge in [-0.25, -0.2) is 0 Å². The number of aliphatic hydroxyl groups is 1. The van der Waals surface area contributed by atoms with Crippen molar-refractivity contribution < 1.29 is 5.11 Å². The Bertz CT molecular complexity index is 656. The molecule has 0 bridgehead atoms. The molecule has 2 heterocycles. The van der Waals surface area contributed by atoms with E-state index in [0.717, 1.165) is 19.6 Å². The van der Waals surface area contributed by atoms with Crippen LogP contribution in [0.3, 0.4) is 0 Å². The van der Waals surface area contributed by atoms with Crippen molar-refractivity contribution in [2.24, 2.45) is 18.7 Å². The number of aromatic nitrogens is 1. The quantitative estimate of drug-likeness (QED) is 0.890. The minimum absolute atomic E-state index is 0.257. The van der Waals surface area contributed by atoms with Crippen molar-refractivity contribution in [3.8, 4) is 0 Å². The molecular formula is C19H29N3O. The van der Waals surface area contributed by atoms with E-state index in [1.807, 2.05) is 0 Å². The summed E-state index contributed by atoms with van der Waals surface area (Å²) in [6.07, 6.45) is 2.34. The van der Waals surface area contributed by atoms with Crippen LogP contribution in [0.2, 0.25) is 0 Å². The maximum atomic E-state index is 9.11. The van der Waals surface area contributed by atoms with E-state index in [9.17, 15) is 0 Å². The first-order chi connectivity index (χ1) is 11.2. The summed E-state index contributed by atoms with van der Waals surface area (Å²) in [5.74, 6) is 1.07. The summed E-state index contributed by atoms with van der Waals surface area (Å²) in [5.41, 5.74) is 10.3. The Labute approximate surface area is 138 Å². The lowest BCUT2D eigenvalue weighted by molar-refractivity contribution is 0.138. The molecule has 1 aromatic heterocycles. The summed E-state index contributed by atoms with van der Waals surface area (Å²) in [5, 5.41) is 10.5. The minimum Gasteiger partial charge on any atom is -0.395 e. The van der Waals surface area contributed by atoms with E-state index in [1.54, 1.807) is 0 Å². The van der Waals surface area contributed by atoms with Crippen molar-refractivity contribution in [1.82, 2.24) is 9.47 Å². The topological polar surface area (TPSA) is 54.4 Å². The summed E-state index contributed by atoms with van der Waals surface area (Å²) >= 11 is 0. The lowest BCUT2D eigenvalue weighted by Crippen LogP contribution is -2.38. The highest BCUT2D eigenvalue weighted by molar-refractivity contribution is 5.86. The molecule has 1 aliphatic rings. The fraction of sp³-hybridized carbons (Fsp3) is 0.579. The standard InChI is InChI=1S/C19H29N3O/c1-14-19(16-5-3-4-6-18(16)21(14)2)17(13-20)15-7-9-22(10-8-15)11-12-23/h3-6,15,17,23H,7-13,20H2,1-2H3. The molecule has 1 aliphatic heterocycles. The average molecular weight is 315 g/mol. The molecule has 0 amide bonds. The van der Waals surface area contributed by atoms with Crippen LogP contribution in [-0.2, 0) is 7.05 Å². The van der Waals surface area contributed by atoms with Gasteiger partial charge in [0, 0.05) is 36.1 Å². The van der Waals surface area contributed by atoms with Crippen LogP contribution < -0.4 is 5.73 Å². The summed E-state index contributed by atoms with van der Waals surface area (Å²) < 4.78 is 2.30. The van der Waals surface area contributed by atoms with Crippen LogP contribution in [0.25, 0.3) is 10.9 Å². The van der Waals surface area contributed by atoms with Gasteiger partial charge in [0.15, 0.2) is 0 Å². The number of hydrogen-bond donors (Lipinski definition) is 2. The van der Waals surface area contributed by atoms with Gasteiger partial charge < -0.3 is 20.3 Å². The number of nitrogens with two attached hydrogens (primary N) is 1. The molecule has 0 aliphatic carbocycles. The molecular weight excluding hydrogens is 286 g/mol. The second kappa shape index (κ2) is 7.04. The van der Waals surface area contributed by atoms with E-state index >= 15 is 0 Å². The van der Waals surface area contributed by atoms with Crippen molar-refractivity contribution >= 4 is 10.9 Å². The van der Waals surface area contributed by atoms with E-state index in [1.165, 1.54) is 35.0 Å². The molecule has 0 radical (unpaired) electrons. The predicted octanol–water partition coefficient (Wildman–Crippen LogP) is 2.23. The van der Waals surface area contributed by atoms with E-state index in [2.05, 4.69) is 47.7 Å². The highest BCUT2D eigenvalue weighted by atomic mass is 16.3. The Hall–Kier alpha value is -1.36. The normalized spacial score (nSPS) is 18.6. The van der Waals surface area contributed by atoms with Crippen molar-refractivity contribution in [3.05, 3.63) is 35.5 Å². The third-order valence-electron chi connectivity index (χ3n) is 5.69. The molecule has 1 atom stereocenters. The number of likely N-dealkylation sites (tertiary alicyclic amines) is 1. The van der Waals surface area contributed by atoms with Gasteiger partial charge >= 0.3 is 0 Å². The smallest absolute Gasteiger partial charge is 0.0558 e. The van der Waals surface area contributed by atoms with Gasteiger partial charge in [-0.2, -0.15) is 0 Å². The van der Waals surface area contributed by atoms with E-state index < -0.39 is 0 Å². The van der Waals surface area contributed by atoms with Crippen LogP contribution in [0.15, 0.2) is 24.3 Å². The van der Waals surface area contributed by atoms with Crippen LogP contribution in [-0.4, -0.2) is 47.4 Å². The van der Waals surface area contributed by atoms with Crippen molar-refractivity contribution in [3.63, 3.8) is 0 Å². The number of β-amino-alcohol motifs (C(OH)–C–C–N with tert-alkyl or cyclic N) is 1. The van der Waals surface area contributed by atoms with Gasteiger partial charge in [-0.05, 0) is 56.9 Å². The molecule has 2 aromatic rings. The van der Waals surface area contributed by atoms with Gasteiger partial charge in [0.2, 0.25) is 0 Å². The molecule has 3 N–H and O–H groups in total. The summed E-state index contributed by atoms with van der Waals surface area (Å²) in [4.78, 5) is 2.36. The van der Waals surface area contributed by atoms with E-state index in [-0.39, 0.29) is 6.61 Å². The Kier molecular flexibility index (Phi) is 5.05. The van der Waals surface area contributed by atoms with Crippen molar-refractivity contribution in [1.29, 1.82) is 0 Å². The van der Waals surface area contributed by atoms with Gasteiger partial charge in [0.05, 0.1) is 6.61 Å². The van der Waals surface area contributed by atoms with Gasteiger partial charge in [-0.15, -0.1) is 0 Å². The van der Waals surface area contributed by atoms with Crippen LogP contribution in [0, 0.1) is 12.8 Å². The highest BCUT2D eigenvalue weighted by Crippen LogP contribution is 2.38. The fourth-order valence-corrected chi connectivity index (χ4v) is 4.28. The number of fused-ring (bicyclic) bond motifs is 1. The maximum Gasteiger partial charge on any atom is 0.0558 e. The lowest BCUT2D eigenvalue weighted by atomic mass is 9.79. The zero-order chi connectivity index (χ0) is 16.4. The molecule has 1 aromatic carbocycles. The summed E-state index contributed by atoms with van der Waals surface area (Å²) in [6.45, 7) is 6.14. The monoisotopic (exact) mass is 315 g/mol. The molecule has 0 saturated carbocycles. The van der Waals surface area contributed by atoms with Crippen LogP contribution >= 0.6 is 0 Å². The van der Waals surface area contributed by atoms with Gasteiger partial charge in [-0.3, -0.25) is 0 Å². The number of aliphatic hydroxyl groups excluding tert-OH is 1. The molecule has 126 valence electrons. The van der Waals surface area contributed by atoms with Crippen LogP contribution in [0.1, 0.15) is 30.0 Å². The van der Waals surface area contributed by atoms with Gasteiger partial charge in [0.25, 0.3) is 0 Å². The molecule has 3 rings (SSSR count). The van der Waals surface area contributed by atoms with Gasteiger partial charge in [-0.1, -0.05) is 18.2 Å². The zero-order valence-corrected chi connectivity index (χ0v) is 14.3. The summed E-state index contributed by atoms with van der Waals surface area (Å²) in [7, 11) is 2.15. The predicted molar refractivity (Wildman–Crippen MR) is 95.7 cm³/mol. The van der Waals surface area contributed by atoms with E-state index in [4.69, 9.17) is 10.8 Å². The largest absolute Gasteiger partial charge is 0.395 e. The van der Waals surface area contributed by atoms with Gasteiger partial charge in [0.1, 0.15) is 0 Å². The molecule has 1 saturated heterocycles. The fourth-order valence-electron chi connectivity index (χ4n) is 4.28. The second-order valence-electron chi connectivity index (χ2n) is 6.82. The van der Waals surface area contributed by atoms with Crippen molar-refractivity contribution in [2.45, 2.75) is 25.7 Å². The Morgan fingerprint density at radius 3 is 2.61 bits per heavy atom. The molecule has 4 nitrogen and oxygen atoms in total. The average Bonchev–Trinajstić information content (AvgIpc) is 2.83. The third kappa shape index (κ3) is 3.03. The van der Waals surface area contributed by atoms with E-state index in [0.29, 0.717) is 18.4 Å². The Balaban J connectivity index is 1.89. The number of aryl methyl sites for hydroxylation is 1. The molecule has 4 heteroatoms. The number of hydrogen-bond acceptors (Lipinski definition) is 3. The SMILES string of the molecule is Cc1c(C(CN)C2CCN(CCO)CC2)c2ccccc2n1C. The second-order valence-corrected chi connectivity index (χ2v) is 6.82. The Morgan fingerprint density at radius 2 is 1.96 bits per heavy atom. The summed E-state index contributed by atoms with van der Waals surface area (Å²) in [6, 6.07) is 8.67. The highest BCUT2D eigenvalue weighted by Gasteiger charge is 2.30. The minimum atomic E-state index is 0.257. The zero-order valence-electron chi connectivity index (χ0n) is 14.3. The third-order valence-corrected chi connectivity index (χ3v) is 5.69. The number of rotatable bonds is 5. The molecule has 0 spiro atoms. The first kappa shape index (κ1) is 16.5. The number of piperidine rings is 1. The first-order valence-electron chi connectivity index (χ1n) is 8.74. The van der Waals surface area contributed by atoms with Crippen molar-refractivity contribution in [2.75, 3.05) is 32.8 Å². The number of benzene rings is 1. The number of nitrogens with zero attached hydrogens (tertiary/aromatic N) is 2. The Morgan fingerprint density at radius 1 is 1.26 bits per heavy atom. The maximum absolute atomic E-state index is 9.11. The van der Waals surface area contributed by atoms with Crippen LogP contribution in [0.5, 0.6) is 0 Å². The lowest BCUT2D eigenvalue weighted by Gasteiger charge is -2.35. The number of para-hydroxylation sites is 1. The molecule has 23 heavy (non-hydrogen) atoms.